The van der Waals surface area contributed by atoms with Gasteiger partial charge >= 0.3 is 0 Å². The highest BCUT2D eigenvalue weighted by Crippen LogP contribution is 2.36. The lowest BCUT2D eigenvalue weighted by Gasteiger charge is -2.22. The van der Waals surface area contributed by atoms with Gasteiger partial charge in [0.1, 0.15) is 17.0 Å². The molecule has 2 aromatic carbocycles. The molecule has 0 aliphatic carbocycles. The molecule has 5 rings (SSSR count). The highest BCUT2D eigenvalue weighted by Gasteiger charge is 2.22. The molecule has 1 unspecified atom stereocenters. The number of aromatic nitrogens is 4. The number of benzene rings is 2. The maximum atomic E-state index is 12.5. The minimum atomic E-state index is -3.57. The minimum absolute atomic E-state index is 0.378. The third-order valence-electron chi connectivity index (χ3n) is 6.70. The molecule has 0 saturated heterocycles. The van der Waals surface area contributed by atoms with Crippen molar-refractivity contribution < 1.29 is 8.42 Å². The molecular weight excluding hydrogens is 568 g/mol. The number of hydrogen-bond donors (Lipinski definition) is 2. The highest BCUT2D eigenvalue weighted by atomic mass is 79.9. The van der Waals surface area contributed by atoms with Crippen LogP contribution in [0.15, 0.2) is 53.4 Å². The molecule has 1 atom stereocenters. The van der Waals surface area contributed by atoms with Crippen molar-refractivity contribution in [3.63, 3.8) is 0 Å². The summed E-state index contributed by atoms with van der Waals surface area (Å²) in [6.45, 7) is 4.31. The first-order valence-corrected chi connectivity index (χ1v) is 14.8. The summed E-state index contributed by atoms with van der Waals surface area (Å²) in [6.07, 6.45) is 6.93. The average Bonchev–Trinajstić information content (AvgIpc) is 3.02. The molecular formula is C26H29BrN8O2S. The molecule has 0 bridgehead atoms. The van der Waals surface area contributed by atoms with Crippen LogP contribution in [0.25, 0.3) is 11.0 Å². The molecule has 38 heavy (non-hydrogen) atoms. The number of sulfonamides is 1. The number of anilines is 5. The summed E-state index contributed by atoms with van der Waals surface area (Å²) in [5.74, 6) is 1.30. The zero-order valence-electron chi connectivity index (χ0n) is 21.6. The molecule has 3 heterocycles. The number of nitrogens with one attached hydrogen (secondary N) is 2. The summed E-state index contributed by atoms with van der Waals surface area (Å²) in [5.41, 5.74) is 5.54. The van der Waals surface area contributed by atoms with E-state index in [1.807, 2.05) is 0 Å². The Morgan fingerprint density at radius 2 is 1.89 bits per heavy atom. The number of nitrogens with zero attached hydrogens (tertiary/aromatic N) is 6. The maximum absolute atomic E-state index is 12.5. The highest BCUT2D eigenvalue weighted by molar-refractivity contribution is 9.10. The molecule has 4 aromatic rings. The van der Waals surface area contributed by atoms with Crippen molar-refractivity contribution in [1.29, 1.82) is 0 Å². The fourth-order valence-corrected chi connectivity index (χ4v) is 5.51. The summed E-state index contributed by atoms with van der Waals surface area (Å²) in [4.78, 5) is 20.2. The van der Waals surface area contributed by atoms with Gasteiger partial charge in [0.05, 0.1) is 21.9 Å². The van der Waals surface area contributed by atoms with E-state index in [1.54, 1.807) is 24.5 Å². The van der Waals surface area contributed by atoms with Crippen molar-refractivity contribution in [3.8, 4) is 0 Å². The lowest BCUT2D eigenvalue weighted by atomic mass is 9.95. The molecule has 1 aliphatic rings. The van der Waals surface area contributed by atoms with Crippen molar-refractivity contribution in [1.82, 2.24) is 24.8 Å². The summed E-state index contributed by atoms with van der Waals surface area (Å²) in [6, 6.07) is 9.96. The first-order valence-electron chi connectivity index (χ1n) is 12.2. The number of likely N-dealkylation sites (N-methyl/N-ethyl adjacent to an activating group) is 1. The van der Waals surface area contributed by atoms with E-state index in [2.05, 4.69) is 83.6 Å². The second-order valence-corrected chi connectivity index (χ2v) is 12.5. The van der Waals surface area contributed by atoms with E-state index in [1.165, 1.54) is 28.7 Å². The molecule has 198 valence electrons. The lowest BCUT2D eigenvalue weighted by Crippen LogP contribution is -2.26. The van der Waals surface area contributed by atoms with Gasteiger partial charge in [0.15, 0.2) is 0 Å². The molecule has 2 N–H and O–H groups in total. The van der Waals surface area contributed by atoms with Crippen molar-refractivity contribution in [2.75, 3.05) is 48.4 Å². The Morgan fingerprint density at radius 1 is 1.11 bits per heavy atom. The van der Waals surface area contributed by atoms with Gasteiger partial charge < -0.3 is 15.5 Å². The van der Waals surface area contributed by atoms with E-state index in [9.17, 15) is 8.42 Å². The Kier molecular flexibility index (Phi) is 7.21. The first-order chi connectivity index (χ1) is 18.1. The zero-order chi connectivity index (χ0) is 27.0. The van der Waals surface area contributed by atoms with Crippen LogP contribution in [0.3, 0.4) is 0 Å². The van der Waals surface area contributed by atoms with Crippen LogP contribution in [-0.4, -0.2) is 66.7 Å². The smallest absolute Gasteiger partial charge is 0.232 e. The van der Waals surface area contributed by atoms with Crippen molar-refractivity contribution in [2.45, 2.75) is 19.3 Å². The van der Waals surface area contributed by atoms with Gasteiger partial charge in [-0.1, -0.05) is 13.0 Å². The Bertz CT molecular complexity index is 1610. The van der Waals surface area contributed by atoms with E-state index in [-0.39, 0.29) is 0 Å². The fourth-order valence-electron chi connectivity index (χ4n) is 4.71. The third-order valence-corrected chi connectivity index (χ3v) is 8.46. The molecule has 0 fully saturated rings. The first kappa shape index (κ1) is 26.3. The molecule has 1 aliphatic heterocycles. The molecule has 12 heteroatoms. The summed E-state index contributed by atoms with van der Waals surface area (Å²) in [5, 5.41) is 6.59. The SMILES string of the molecule is CC1CN(C)CCc2ccc(Nc3ncc(Br)c(Nc4ccc5nccnc5c4N(C)S(C)(=O)=O)n3)cc21. The Labute approximate surface area is 230 Å². The van der Waals surface area contributed by atoms with Crippen molar-refractivity contribution in [2.24, 2.45) is 0 Å². The largest absolute Gasteiger partial charge is 0.337 e. The average molecular weight is 598 g/mol. The number of fused-ring (bicyclic) bond motifs is 2. The van der Waals surface area contributed by atoms with E-state index < -0.39 is 10.0 Å². The normalized spacial score (nSPS) is 16.1. The van der Waals surface area contributed by atoms with Crippen LogP contribution in [0, 0.1) is 0 Å². The second kappa shape index (κ2) is 10.4. The number of hydrogen-bond acceptors (Lipinski definition) is 9. The lowest BCUT2D eigenvalue weighted by molar-refractivity contribution is 0.332. The fraction of sp³-hybridized carbons (Fsp3) is 0.308. The van der Waals surface area contributed by atoms with Crippen molar-refractivity contribution in [3.05, 3.63) is 64.5 Å². The Hall–Kier alpha value is -3.35. The van der Waals surface area contributed by atoms with Crippen LogP contribution in [0.4, 0.5) is 28.8 Å². The van der Waals surface area contributed by atoms with Gasteiger partial charge in [0.25, 0.3) is 0 Å². The van der Waals surface area contributed by atoms with Gasteiger partial charge in [-0.3, -0.25) is 14.3 Å². The van der Waals surface area contributed by atoms with Crippen LogP contribution in [0.1, 0.15) is 24.0 Å². The van der Waals surface area contributed by atoms with E-state index in [4.69, 9.17) is 0 Å². The Balaban J connectivity index is 1.48. The number of rotatable bonds is 6. The zero-order valence-corrected chi connectivity index (χ0v) is 24.0. The van der Waals surface area contributed by atoms with Gasteiger partial charge in [-0.2, -0.15) is 4.98 Å². The summed E-state index contributed by atoms with van der Waals surface area (Å²) >= 11 is 3.52. The predicted octanol–water partition coefficient (Wildman–Crippen LogP) is 4.66. The quantitative estimate of drug-likeness (QED) is 0.328. The summed E-state index contributed by atoms with van der Waals surface area (Å²) < 4.78 is 26.8. The Morgan fingerprint density at radius 3 is 2.68 bits per heavy atom. The summed E-state index contributed by atoms with van der Waals surface area (Å²) in [7, 11) is 0.0752. The van der Waals surface area contributed by atoms with E-state index >= 15 is 0 Å². The van der Waals surface area contributed by atoms with Crippen molar-refractivity contribution >= 4 is 65.8 Å². The molecule has 0 saturated carbocycles. The molecule has 0 radical (unpaired) electrons. The van der Waals surface area contributed by atoms with Gasteiger partial charge in [0, 0.05) is 44.4 Å². The monoisotopic (exact) mass is 596 g/mol. The minimum Gasteiger partial charge on any atom is -0.337 e. The van der Waals surface area contributed by atoms with Crippen LogP contribution in [0.5, 0.6) is 0 Å². The van der Waals surface area contributed by atoms with Crippen LogP contribution >= 0.6 is 15.9 Å². The van der Waals surface area contributed by atoms with E-state index in [0.717, 1.165) is 31.5 Å². The maximum Gasteiger partial charge on any atom is 0.232 e. The van der Waals surface area contributed by atoms with E-state index in [0.29, 0.717) is 44.6 Å². The second-order valence-electron chi connectivity index (χ2n) is 9.58. The van der Waals surface area contributed by atoms with Crippen LogP contribution in [-0.2, 0) is 16.4 Å². The van der Waals surface area contributed by atoms with Gasteiger partial charge in [-0.25, -0.2) is 13.4 Å². The van der Waals surface area contributed by atoms with Gasteiger partial charge in [0.2, 0.25) is 16.0 Å². The van der Waals surface area contributed by atoms with Gasteiger partial charge in [-0.05, 0) is 70.7 Å². The molecule has 2 aromatic heterocycles. The van der Waals surface area contributed by atoms with Gasteiger partial charge in [-0.15, -0.1) is 0 Å². The molecule has 0 spiro atoms. The van der Waals surface area contributed by atoms with Crippen LogP contribution < -0.4 is 14.9 Å². The molecule has 10 nitrogen and oxygen atoms in total. The molecule has 0 amide bonds. The third kappa shape index (κ3) is 5.42. The van der Waals surface area contributed by atoms with Crippen LogP contribution in [0.2, 0.25) is 0 Å². The topological polar surface area (TPSA) is 116 Å². The predicted molar refractivity (Wildman–Crippen MR) is 155 cm³/mol. The standard InChI is InChI=1S/C26H29BrN8O2S/c1-16-15-34(2)12-9-17-5-6-18(13-19(16)17)31-26-30-14-20(27)25(33-26)32-22-8-7-21-23(29-11-10-28-21)24(22)35(3)38(4,36)37/h5-8,10-11,13-14,16H,9,12,15H2,1-4H3,(H2,30,31,32,33). The number of halogens is 1.